The molecule has 1 aliphatic rings. The third-order valence-electron chi connectivity index (χ3n) is 4.66. The van der Waals surface area contributed by atoms with Gasteiger partial charge in [0.1, 0.15) is 12.3 Å². The smallest absolute Gasteiger partial charge is 0.344 e. The number of nitrogens with zero attached hydrogens (tertiary/aromatic N) is 1. The number of carbonyl (C=O) groups is 4. The molecule has 33 heavy (non-hydrogen) atoms. The van der Waals surface area contributed by atoms with Gasteiger partial charge in [0, 0.05) is 5.69 Å². The molecule has 1 heterocycles. The van der Waals surface area contributed by atoms with E-state index in [2.05, 4.69) is 5.32 Å². The lowest BCUT2D eigenvalue weighted by atomic mass is 10.1. The molecule has 3 amide bonds. The van der Waals surface area contributed by atoms with Crippen LogP contribution in [0.15, 0.2) is 53.4 Å². The number of imide groups is 1. The minimum atomic E-state index is -0.524. The van der Waals surface area contributed by atoms with Crippen molar-refractivity contribution in [2.75, 3.05) is 25.1 Å². The van der Waals surface area contributed by atoms with Crippen LogP contribution in [0.3, 0.4) is 0 Å². The molecular weight excluding hydrogens is 444 g/mol. The number of esters is 1. The van der Waals surface area contributed by atoms with Crippen molar-refractivity contribution in [1.82, 2.24) is 4.90 Å². The predicted molar refractivity (Wildman–Crippen MR) is 126 cm³/mol. The molecule has 1 fully saturated rings. The summed E-state index contributed by atoms with van der Waals surface area (Å²) in [6.45, 7) is 3.47. The first kappa shape index (κ1) is 24.1. The maximum absolute atomic E-state index is 12.7. The highest BCUT2D eigenvalue weighted by atomic mass is 32.2. The zero-order chi connectivity index (χ0) is 23.8. The number of aryl methyl sites for hydroxylation is 1. The van der Waals surface area contributed by atoms with E-state index in [4.69, 9.17) is 9.47 Å². The number of ether oxygens (including phenoxy) is 2. The summed E-state index contributed by atoms with van der Waals surface area (Å²) in [4.78, 5) is 49.8. The van der Waals surface area contributed by atoms with Crippen molar-refractivity contribution in [3.8, 4) is 5.75 Å². The molecule has 0 unspecified atom stereocenters. The Labute approximate surface area is 195 Å². The Morgan fingerprint density at radius 1 is 1.03 bits per heavy atom. The quantitative estimate of drug-likeness (QED) is 0.440. The number of benzene rings is 2. The Balaban J connectivity index is 1.58. The number of hydrogen-bond acceptors (Lipinski definition) is 7. The topological polar surface area (TPSA) is 102 Å². The summed E-state index contributed by atoms with van der Waals surface area (Å²) in [7, 11) is 0. The van der Waals surface area contributed by atoms with Crippen molar-refractivity contribution in [2.24, 2.45) is 0 Å². The second kappa shape index (κ2) is 11.3. The Morgan fingerprint density at radius 3 is 2.36 bits per heavy atom. The third kappa shape index (κ3) is 6.69. The maximum Gasteiger partial charge on any atom is 0.344 e. The van der Waals surface area contributed by atoms with E-state index >= 15 is 0 Å². The number of amides is 3. The number of rotatable bonds is 9. The largest absolute Gasteiger partial charge is 0.482 e. The molecular formula is C24H24N2O6S. The van der Waals surface area contributed by atoms with Gasteiger partial charge in [0.2, 0.25) is 5.91 Å². The predicted octanol–water partition coefficient (Wildman–Crippen LogP) is 3.87. The second-order valence-corrected chi connectivity index (χ2v) is 8.02. The van der Waals surface area contributed by atoms with Crippen molar-refractivity contribution in [1.29, 1.82) is 0 Å². The molecule has 0 spiro atoms. The Bertz CT molecular complexity index is 1060. The second-order valence-electron chi connectivity index (χ2n) is 7.03. The zero-order valence-corrected chi connectivity index (χ0v) is 19.1. The minimum absolute atomic E-state index is 0.198. The molecule has 0 aromatic heterocycles. The monoisotopic (exact) mass is 468 g/mol. The summed E-state index contributed by atoms with van der Waals surface area (Å²) in [5, 5.41) is 2.20. The van der Waals surface area contributed by atoms with Crippen LogP contribution in [0.25, 0.3) is 6.08 Å². The van der Waals surface area contributed by atoms with Crippen molar-refractivity contribution >= 4 is 46.5 Å². The van der Waals surface area contributed by atoms with E-state index in [1.807, 2.05) is 19.1 Å². The molecule has 172 valence electrons. The van der Waals surface area contributed by atoms with Crippen LogP contribution in [-0.2, 0) is 25.5 Å². The van der Waals surface area contributed by atoms with Gasteiger partial charge in [0.05, 0.1) is 11.5 Å². The summed E-state index contributed by atoms with van der Waals surface area (Å²) in [5.41, 5.74) is 2.41. The average Bonchev–Trinajstić information content (AvgIpc) is 3.06. The fraction of sp³-hybridized carbons (Fsp3) is 0.250. The van der Waals surface area contributed by atoms with Crippen molar-refractivity contribution in [3.05, 3.63) is 64.6 Å². The summed E-state index contributed by atoms with van der Waals surface area (Å²) in [5.74, 6) is -0.968. The standard InChI is InChI=1S/C24H24N2O6S/c1-3-16-5-9-18(10-6-16)25-21(27)14-26-23(29)20(33-24(26)30)13-17-7-11-19(12-8-17)32-15-22(28)31-4-2/h5-13H,3-4,14-15H2,1-2H3,(H,25,27)/b20-13-. The minimum Gasteiger partial charge on any atom is -0.482 e. The molecule has 0 atom stereocenters. The van der Waals surface area contributed by atoms with Crippen LogP contribution >= 0.6 is 11.8 Å². The fourth-order valence-corrected chi connectivity index (χ4v) is 3.80. The molecule has 1 aliphatic heterocycles. The molecule has 8 nitrogen and oxygen atoms in total. The molecule has 2 aromatic rings. The van der Waals surface area contributed by atoms with Gasteiger partial charge < -0.3 is 14.8 Å². The van der Waals surface area contributed by atoms with Gasteiger partial charge in [-0.05, 0) is 66.6 Å². The van der Waals surface area contributed by atoms with Crippen molar-refractivity contribution < 1.29 is 28.7 Å². The fourth-order valence-electron chi connectivity index (χ4n) is 2.96. The van der Waals surface area contributed by atoms with Gasteiger partial charge in [-0.3, -0.25) is 19.3 Å². The molecule has 0 saturated carbocycles. The first-order valence-electron chi connectivity index (χ1n) is 10.4. The van der Waals surface area contributed by atoms with Crippen LogP contribution in [0, 0.1) is 0 Å². The zero-order valence-electron chi connectivity index (χ0n) is 18.3. The van der Waals surface area contributed by atoms with Crippen LogP contribution in [0.4, 0.5) is 10.5 Å². The molecule has 9 heteroatoms. The van der Waals surface area contributed by atoms with Gasteiger partial charge in [-0.1, -0.05) is 31.2 Å². The van der Waals surface area contributed by atoms with Crippen LogP contribution in [0.5, 0.6) is 5.75 Å². The molecule has 1 N–H and O–H groups in total. The van der Waals surface area contributed by atoms with Gasteiger partial charge in [-0.2, -0.15) is 0 Å². The van der Waals surface area contributed by atoms with E-state index < -0.39 is 23.0 Å². The van der Waals surface area contributed by atoms with Gasteiger partial charge >= 0.3 is 5.97 Å². The molecule has 2 aromatic carbocycles. The van der Waals surface area contributed by atoms with E-state index in [9.17, 15) is 19.2 Å². The lowest BCUT2D eigenvalue weighted by Gasteiger charge is -2.12. The number of thioether (sulfide) groups is 1. The first-order chi connectivity index (χ1) is 15.9. The Hall–Kier alpha value is -3.59. The summed E-state index contributed by atoms with van der Waals surface area (Å²) in [6, 6.07) is 14.1. The van der Waals surface area contributed by atoms with E-state index in [-0.39, 0.29) is 24.7 Å². The Morgan fingerprint density at radius 2 is 1.73 bits per heavy atom. The van der Waals surface area contributed by atoms with Crippen LogP contribution in [0.1, 0.15) is 25.0 Å². The molecule has 1 saturated heterocycles. The lowest BCUT2D eigenvalue weighted by molar-refractivity contribution is -0.145. The van der Waals surface area contributed by atoms with Crippen LogP contribution in [0.2, 0.25) is 0 Å². The van der Waals surface area contributed by atoms with Crippen LogP contribution in [-0.4, -0.2) is 47.7 Å². The van der Waals surface area contributed by atoms with Gasteiger partial charge in [0.25, 0.3) is 11.1 Å². The Kier molecular flexibility index (Phi) is 8.26. The number of anilines is 1. The normalized spacial score (nSPS) is 14.5. The summed E-state index contributed by atoms with van der Waals surface area (Å²) >= 11 is 0.780. The highest BCUT2D eigenvalue weighted by Crippen LogP contribution is 2.32. The van der Waals surface area contributed by atoms with Gasteiger partial charge in [0.15, 0.2) is 6.61 Å². The average molecular weight is 469 g/mol. The number of nitrogens with one attached hydrogen (secondary N) is 1. The van der Waals surface area contributed by atoms with Gasteiger partial charge in [-0.25, -0.2) is 4.79 Å². The maximum atomic E-state index is 12.7. The third-order valence-corrected chi connectivity index (χ3v) is 5.57. The molecule has 3 rings (SSSR count). The van der Waals surface area contributed by atoms with E-state index in [1.165, 1.54) is 0 Å². The highest BCUT2D eigenvalue weighted by Gasteiger charge is 2.36. The van der Waals surface area contributed by atoms with E-state index in [0.717, 1.165) is 28.6 Å². The molecule has 0 radical (unpaired) electrons. The summed E-state index contributed by atoms with van der Waals surface area (Å²) in [6.07, 6.45) is 2.46. The van der Waals surface area contributed by atoms with Crippen LogP contribution < -0.4 is 10.1 Å². The number of hydrogen-bond donors (Lipinski definition) is 1. The SMILES string of the molecule is CCOC(=O)COc1ccc(/C=C2\SC(=O)N(CC(=O)Nc3ccc(CC)cc3)C2=O)cc1. The lowest BCUT2D eigenvalue weighted by Crippen LogP contribution is -2.36. The van der Waals surface area contributed by atoms with Crippen molar-refractivity contribution in [3.63, 3.8) is 0 Å². The first-order valence-corrected chi connectivity index (χ1v) is 11.2. The summed E-state index contributed by atoms with van der Waals surface area (Å²) < 4.78 is 10.1. The van der Waals surface area contributed by atoms with E-state index in [0.29, 0.717) is 17.0 Å². The van der Waals surface area contributed by atoms with Crippen molar-refractivity contribution in [2.45, 2.75) is 20.3 Å². The van der Waals surface area contributed by atoms with Gasteiger partial charge in [-0.15, -0.1) is 0 Å². The molecule has 0 bridgehead atoms. The highest BCUT2D eigenvalue weighted by molar-refractivity contribution is 8.18. The van der Waals surface area contributed by atoms with E-state index in [1.54, 1.807) is 49.4 Å². The number of carbonyl (C=O) groups excluding carboxylic acids is 4. The molecule has 0 aliphatic carbocycles.